The number of rotatable bonds is 3. The molecular weight excluding hydrogens is 414 g/mol. The maximum Gasteiger partial charge on any atom is 0.266 e. The third-order valence-electron chi connectivity index (χ3n) is 5.19. The highest BCUT2D eigenvalue weighted by Crippen LogP contribution is 2.30. The summed E-state index contributed by atoms with van der Waals surface area (Å²) >= 11 is 1.04. The molecule has 0 spiro atoms. The van der Waals surface area contributed by atoms with E-state index in [0.717, 1.165) is 36.7 Å². The number of fused-ring (bicyclic) bond motifs is 2. The van der Waals surface area contributed by atoms with Crippen molar-refractivity contribution in [2.75, 3.05) is 5.32 Å². The van der Waals surface area contributed by atoms with Gasteiger partial charge in [0.1, 0.15) is 22.3 Å². The van der Waals surface area contributed by atoms with Gasteiger partial charge in [0.25, 0.3) is 17.4 Å². The fourth-order valence-corrected chi connectivity index (χ4v) is 4.72. The van der Waals surface area contributed by atoms with Gasteiger partial charge in [0.2, 0.25) is 0 Å². The van der Waals surface area contributed by atoms with Gasteiger partial charge < -0.3 is 11.1 Å². The summed E-state index contributed by atoms with van der Waals surface area (Å²) < 4.78 is 29.4. The van der Waals surface area contributed by atoms with E-state index < -0.39 is 29.0 Å². The average Bonchev–Trinajstić information content (AvgIpc) is 2.85. The number of amides is 2. The van der Waals surface area contributed by atoms with E-state index in [-0.39, 0.29) is 16.1 Å². The Kier molecular flexibility index (Phi) is 5.10. The van der Waals surface area contributed by atoms with E-state index in [1.54, 1.807) is 11.5 Å². The Morgan fingerprint density at radius 1 is 1.20 bits per heavy atom. The number of hydrogen-bond acceptors (Lipinski definition) is 5. The summed E-state index contributed by atoms with van der Waals surface area (Å²) in [6, 6.07) is 1.33. The van der Waals surface area contributed by atoms with E-state index in [4.69, 9.17) is 5.73 Å². The first-order valence-corrected chi connectivity index (χ1v) is 10.2. The molecule has 0 saturated heterocycles. The topological polar surface area (TPSA) is 107 Å². The maximum absolute atomic E-state index is 14.1. The summed E-state index contributed by atoms with van der Waals surface area (Å²) in [5.41, 5.74) is 4.42. The Morgan fingerprint density at radius 2 is 1.97 bits per heavy atom. The SMILES string of the molecule is Cc1c(C(=O)Nc2cc(C(N)=O)c(F)cc2F)sc2nc3n(c(=O)c12)CCCCC3. The Balaban J connectivity index is 1.75. The molecule has 0 unspecified atom stereocenters. The molecule has 3 aromatic rings. The number of nitrogens with zero attached hydrogens (tertiary/aromatic N) is 2. The fourth-order valence-electron chi connectivity index (χ4n) is 3.64. The van der Waals surface area contributed by atoms with Crippen molar-refractivity contribution in [3.63, 3.8) is 0 Å². The summed E-state index contributed by atoms with van der Waals surface area (Å²) in [4.78, 5) is 42.3. The number of thiophene rings is 1. The van der Waals surface area contributed by atoms with Crippen LogP contribution in [0.5, 0.6) is 0 Å². The lowest BCUT2D eigenvalue weighted by Crippen LogP contribution is -2.24. The van der Waals surface area contributed by atoms with E-state index in [0.29, 0.717) is 40.6 Å². The number of aromatic nitrogens is 2. The number of benzene rings is 1. The molecule has 1 aliphatic rings. The molecule has 2 aromatic heterocycles. The fraction of sp³-hybridized carbons (Fsp3) is 0.300. The minimum atomic E-state index is -1.12. The summed E-state index contributed by atoms with van der Waals surface area (Å²) in [6.07, 6.45) is 3.56. The molecule has 0 fully saturated rings. The molecule has 10 heteroatoms. The minimum Gasteiger partial charge on any atom is -0.366 e. The first-order valence-electron chi connectivity index (χ1n) is 9.41. The lowest BCUT2D eigenvalue weighted by Gasteiger charge is -2.08. The van der Waals surface area contributed by atoms with Gasteiger partial charge in [-0.15, -0.1) is 11.3 Å². The summed E-state index contributed by atoms with van der Waals surface area (Å²) in [6.45, 7) is 2.22. The Hall–Kier alpha value is -3.14. The van der Waals surface area contributed by atoms with E-state index in [1.165, 1.54) is 0 Å². The Bertz CT molecular complexity index is 1270. The monoisotopic (exact) mass is 432 g/mol. The van der Waals surface area contributed by atoms with E-state index >= 15 is 0 Å². The molecule has 4 rings (SSSR count). The van der Waals surface area contributed by atoms with Crippen molar-refractivity contribution in [2.24, 2.45) is 5.73 Å². The highest BCUT2D eigenvalue weighted by Gasteiger charge is 2.23. The van der Waals surface area contributed by atoms with Crippen molar-refractivity contribution in [3.8, 4) is 0 Å². The molecule has 3 heterocycles. The predicted octanol–water partition coefficient (Wildman–Crippen LogP) is 3.12. The number of carbonyl (C=O) groups is 2. The van der Waals surface area contributed by atoms with Crippen LogP contribution in [-0.4, -0.2) is 21.4 Å². The number of hydrogen-bond donors (Lipinski definition) is 2. The first kappa shape index (κ1) is 20.1. The molecule has 1 aromatic carbocycles. The first-order chi connectivity index (χ1) is 14.3. The van der Waals surface area contributed by atoms with Gasteiger partial charge >= 0.3 is 0 Å². The smallest absolute Gasteiger partial charge is 0.266 e. The second-order valence-electron chi connectivity index (χ2n) is 7.16. The molecule has 0 radical (unpaired) electrons. The molecule has 30 heavy (non-hydrogen) atoms. The van der Waals surface area contributed by atoms with Crippen molar-refractivity contribution < 1.29 is 18.4 Å². The van der Waals surface area contributed by atoms with E-state index in [2.05, 4.69) is 10.3 Å². The zero-order valence-electron chi connectivity index (χ0n) is 16.1. The van der Waals surface area contributed by atoms with E-state index in [9.17, 15) is 23.2 Å². The largest absolute Gasteiger partial charge is 0.366 e. The number of anilines is 1. The van der Waals surface area contributed by atoms with Crippen molar-refractivity contribution in [1.82, 2.24) is 9.55 Å². The number of nitrogens with one attached hydrogen (secondary N) is 1. The van der Waals surface area contributed by atoms with Gasteiger partial charge in [0.15, 0.2) is 0 Å². The van der Waals surface area contributed by atoms with Crippen molar-refractivity contribution in [3.05, 3.63) is 55.9 Å². The van der Waals surface area contributed by atoms with Gasteiger partial charge in [0.05, 0.1) is 21.5 Å². The van der Waals surface area contributed by atoms with Crippen LogP contribution in [0.15, 0.2) is 16.9 Å². The quantitative estimate of drug-likeness (QED) is 0.663. The van der Waals surface area contributed by atoms with E-state index in [1.807, 2.05) is 0 Å². The molecule has 0 aliphatic carbocycles. The number of aryl methyl sites for hydroxylation is 2. The van der Waals surface area contributed by atoms with Crippen LogP contribution in [-0.2, 0) is 13.0 Å². The highest BCUT2D eigenvalue weighted by molar-refractivity contribution is 7.20. The van der Waals surface area contributed by atoms with Crippen LogP contribution in [0.2, 0.25) is 0 Å². The zero-order valence-corrected chi connectivity index (χ0v) is 16.9. The number of primary amides is 1. The lowest BCUT2D eigenvalue weighted by molar-refractivity contribution is 0.0992. The van der Waals surface area contributed by atoms with Gasteiger partial charge in [-0.25, -0.2) is 13.8 Å². The Labute approximate surface area is 173 Å². The zero-order chi connectivity index (χ0) is 21.6. The van der Waals surface area contributed by atoms with Crippen LogP contribution in [0.25, 0.3) is 10.2 Å². The molecule has 0 atom stereocenters. The van der Waals surface area contributed by atoms with Crippen molar-refractivity contribution in [2.45, 2.75) is 39.2 Å². The summed E-state index contributed by atoms with van der Waals surface area (Å²) in [7, 11) is 0. The maximum atomic E-state index is 14.1. The number of carbonyl (C=O) groups excluding carboxylic acids is 2. The highest BCUT2D eigenvalue weighted by atomic mass is 32.1. The van der Waals surface area contributed by atoms with Crippen LogP contribution >= 0.6 is 11.3 Å². The van der Waals surface area contributed by atoms with Crippen molar-refractivity contribution in [1.29, 1.82) is 0 Å². The normalized spacial score (nSPS) is 13.7. The standard InChI is InChI=1S/C20H18F2N4O3S/c1-9-15-19(25-14-5-3-2-4-6-26(14)20(15)29)30-16(9)18(28)24-13-7-10(17(23)27)11(21)8-12(13)22/h7-8H,2-6H2,1H3,(H2,23,27)(H,24,28). The second kappa shape index (κ2) is 7.60. The molecule has 1 aliphatic heterocycles. The van der Waals surface area contributed by atoms with Crippen LogP contribution in [0, 0.1) is 18.6 Å². The molecule has 156 valence electrons. The van der Waals surface area contributed by atoms with Crippen LogP contribution in [0.3, 0.4) is 0 Å². The number of nitrogens with two attached hydrogens (primary N) is 1. The molecule has 0 bridgehead atoms. The van der Waals surface area contributed by atoms with Gasteiger partial charge in [0, 0.05) is 19.0 Å². The van der Waals surface area contributed by atoms with Crippen LogP contribution < -0.4 is 16.6 Å². The lowest BCUT2D eigenvalue weighted by atomic mass is 10.1. The number of halogens is 2. The minimum absolute atomic E-state index is 0.186. The van der Waals surface area contributed by atoms with Gasteiger partial charge in [-0.2, -0.15) is 0 Å². The molecule has 7 nitrogen and oxygen atoms in total. The second-order valence-corrected chi connectivity index (χ2v) is 8.16. The average molecular weight is 432 g/mol. The third-order valence-corrected chi connectivity index (χ3v) is 6.37. The van der Waals surface area contributed by atoms with Gasteiger partial charge in [-0.3, -0.25) is 19.0 Å². The van der Waals surface area contributed by atoms with Gasteiger partial charge in [-0.05, 0) is 31.4 Å². The summed E-state index contributed by atoms with van der Waals surface area (Å²) in [5, 5.41) is 2.70. The van der Waals surface area contributed by atoms with Gasteiger partial charge in [-0.1, -0.05) is 6.42 Å². The molecule has 2 amide bonds. The Morgan fingerprint density at radius 3 is 2.70 bits per heavy atom. The van der Waals surface area contributed by atoms with Crippen LogP contribution in [0.1, 0.15) is 50.7 Å². The summed E-state index contributed by atoms with van der Waals surface area (Å²) in [5.74, 6) is -3.23. The molecule has 3 N–H and O–H groups in total. The van der Waals surface area contributed by atoms with Crippen molar-refractivity contribution >= 4 is 39.1 Å². The molecular formula is C20H18F2N4O3S. The predicted molar refractivity (Wildman–Crippen MR) is 109 cm³/mol. The third kappa shape index (κ3) is 3.36. The van der Waals surface area contributed by atoms with Crippen LogP contribution in [0.4, 0.5) is 14.5 Å². The molecule has 0 saturated carbocycles.